The Labute approximate surface area is 121 Å². The summed E-state index contributed by atoms with van der Waals surface area (Å²) in [5.74, 6) is -0.0573. The number of esters is 1. The zero-order valence-electron chi connectivity index (χ0n) is 12.6. The molecule has 0 aromatic carbocycles. The van der Waals surface area contributed by atoms with Crippen molar-refractivity contribution in [3.63, 3.8) is 0 Å². The second kappa shape index (κ2) is 6.87. The van der Waals surface area contributed by atoms with Gasteiger partial charge >= 0.3 is 5.97 Å². The van der Waals surface area contributed by atoms with Crippen LogP contribution in [0.4, 0.5) is 0 Å². The van der Waals surface area contributed by atoms with Gasteiger partial charge in [0.25, 0.3) is 0 Å². The summed E-state index contributed by atoms with van der Waals surface area (Å²) in [7, 11) is -3.18. The summed E-state index contributed by atoms with van der Waals surface area (Å²) in [6, 6.07) is 0. The molecule has 0 radical (unpaired) electrons. The topological polar surface area (TPSA) is 81.7 Å². The van der Waals surface area contributed by atoms with Gasteiger partial charge in [0, 0.05) is 6.54 Å². The molecule has 20 heavy (non-hydrogen) atoms. The summed E-state index contributed by atoms with van der Waals surface area (Å²) < 4.78 is 35.3. The first-order chi connectivity index (χ1) is 9.05. The first kappa shape index (κ1) is 17.4. The van der Waals surface area contributed by atoms with Gasteiger partial charge in [-0.25, -0.2) is 13.1 Å². The molecule has 2 atom stereocenters. The number of carbonyl (C=O) groups is 1. The highest BCUT2D eigenvalue weighted by Crippen LogP contribution is 2.23. The van der Waals surface area contributed by atoms with Gasteiger partial charge in [-0.15, -0.1) is 0 Å². The normalized spacial score (nSPS) is 24.4. The smallest absolute Gasteiger partial charge is 0.306 e. The van der Waals surface area contributed by atoms with Gasteiger partial charge in [0.05, 0.1) is 25.4 Å². The van der Waals surface area contributed by atoms with Crippen molar-refractivity contribution in [2.75, 3.05) is 19.4 Å². The van der Waals surface area contributed by atoms with E-state index in [0.29, 0.717) is 13.0 Å². The van der Waals surface area contributed by atoms with Crippen molar-refractivity contribution in [3.05, 3.63) is 0 Å². The SMILES string of the molecule is CC(C)(C)OC(=O)C[C@@H]1CC[C@@H](CNS(C)(=O)=O)OC1. The van der Waals surface area contributed by atoms with Crippen LogP contribution in [0.15, 0.2) is 0 Å². The molecule has 0 spiro atoms. The molecule has 1 aliphatic rings. The van der Waals surface area contributed by atoms with Crippen LogP contribution in [0.1, 0.15) is 40.0 Å². The fourth-order valence-corrected chi connectivity index (χ4v) is 2.53. The Hall–Kier alpha value is -0.660. The van der Waals surface area contributed by atoms with Gasteiger partial charge in [-0.2, -0.15) is 0 Å². The van der Waals surface area contributed by atoms with Crippen LogP contribution in [-0.2, 0) is 24.3 Å². The van der Waals surface area contributed by atoms with E-state index in [-0.39, 0.29) is 24.5 Å². The molecule has 0 amide bonds. The van der Waals surface area contributed by atoms with E-state index in [4.69, 9.17) is 9.47 Å². The molecule has 0 aromatic heterocycles. The van der Waals surface area contributed by atoms with Crippen molar-refractivity contribution in [1.29, 1.82) is 0 Å². The highest BCUT2D eigenvalue weighted by atomic mass is 32.2. The standard InChI is InChI=1S/C13H25NO5S/c1-13(2,3)19-12(15)7-10-5-6-11(18-9-10)8-14-20(4,16)17/h10-11,14H,5-9H2,1-4H3/t10-,11-/m0/s1. The average molecular weight is 307 g/mol. The van der Waals surface area contributed by atoms with Crippen molar-refractivity contribution in [1.82, 2.24) is 4.72 Å². The van der Waals surface area contributed by atoms with Crippen LogP contribution < -0.4 is 4.72 Å². The fourth-order valence-electron chi connectivity index (χ4n) is 2.05. The fraction of sp³-hybridized carbons (Fsp3) is 0.923. The summed E-state index contributed by atoms with van der Waals surface area (Å²) in [6.07, 6.45) is 2.95. The molecule has 1 rings (SSSR count). The third-order valence-electron chi connectivity index (χ3n) is 2.91. The molecule has 0 aromatic rings. The van der Waals surface area contributed by atoms with E-state index in [1.807, 2.05) is 20.8 Å². The predicted molar refractivity (Wildman–Crippen MR) is 75.8 cm³/mol. The molecule has 1 saturated heterocycles. The van der Waals surface area contributed by atoms with Gasteiger partial charge in [-0.3, -0.25) is 4.79 Å². The maximum Gasteiger partial charge on any atom is 0.306 e. The highest BCUT2D eigenvalue weighted by Gasteiger charge is 2.26. The van der Waals surface area contributed by atoms with E-state index in [9.17, 15) is 13.2 Å². The van der Waals surface area contributed by atoms with Crippen LogP contribution in [0.25, 0.3) is 0 Å². The average Bonchev–Trinajstić information content (AvgIpc) is 2.24. The van der Waals surface area contributed by atoms with Crippen LogP contribution in [0.5, 0.6) is 0 Å². The lowest BCUT2D eigenvalue weighted by molar-refractivity contribution is -0.157. The Balaban J connectivity index is 2.27. The maximum absolute atomic E-state index is 11.7. The van der Waals surface area contributed by atoms with E-state index in [2.05, 4.69) is 4.72 Å². The number of nitrogens with one attached hydrogen (secondary N) is 1. The largest absolute Gasteiger partial charge is 0.460 e. The zero-order valence-corrected chi connectivity index (χ0v) is 13.5. The van der Waals surface area contributed by atoms with Gasteiger partial charge in [-0.05, 0) is 39.5 Å². The second-order valence-corrected chi connectivity index (χ2v) is 8.14. The second-order valence-electron chi connectivity index (χ2n) is 6.31. The third kappa shape index (κ3) is 7.81. The van der Waals surface area contributed by atoms with Crippen molar-refractivity contribution in [2.24, 2.45) is 5.92 Å². The summed E-state index contributed by atoms with van der Waals surface area (Å²) in [6.45, 7) is 6.28. The van der Waals surface area contributed by atoms with Crippen LogP contribution in [-0.4, -0.2) is 45.5 Å². The predicted octanol–water partition coefficient (Wildman–Crippen LogP) is 1.06. The Morgan fingerprint density at radius 2 is 2.00 bits per heavy atom. The van der Waals surface area contributed by atoms with Crippen LogP contribution >= 0.6 is 0 Å². The molecule has 1 heterocycles. The first-order valence-corrected chi connectivity index (χ1v) is 8.72. The van der Waals surface area contributed by atoms with E-state index < -0.39 is 15.6 Å². The van der Waals surface area contributed by atoms with Crippen LogP contribution in [0.2, 0.25) is 0 Å². The monoisotopic (exact) mass is 307 g/mol. The third-order valence-corrected chi connectivity index (χ3v) is 3.60. The number of ether oxygens (including phenoxy) is 2. The van der Waals surface area contributed by atoms with E-state index in [1.54, 1.807) is 0 Å². The Morgan fingerprint density at radius 1 is 1.35 bits per heavy atom. The number of hydrogen-bond acceptors (Lipinski definition) is 5. The van der Waals surface area contributed by atoms with Crippen molar-refractivity contribution in [2.45, 2.75) is 51.7 Å². The molecule has 0 saturated carbocycles. The molecule has 0 aliphatic carbocycles. The summed E-state index contributed by atoms with van der Waals surface area (Å²) in [4.78, 5) is 11.7. The summed E-state index contributed by atoms with van der Waals surface area (Å²) >= 11 is 0. The summed E-state index contributed by atoms with van der Waals surface area (Å²) in [5.41, 5.74) is -0.464. The highest BCUT2D eigenvalue weighted by molar-refractivity contribution is 7.88. The molecular formula is C13H25NO5S. The molecule has 7 heteroatoms. The number of sulfonamides is 1. The Bertz CT molecular complexity index is 419. The molecule has 6 nitrogen and oxygen atoms in total. The minimum absolute atomic E-state index is 0.111. The van der Waals surface area contributed by atoms with Gasteiger partial charge in [0.15, 0.2) is 0 Å². The maximum atomic E-state index is 11.7. The molecule has 118 valence electrons. The molecule has 0 bridgehead atoms. The lowest BCUT2D eigenvalue weighted by Crippen LogP contribution is -2.37. The van der Waals surface area contributed by atoms with Crippen LogP contribution in [0.3, 0.4) is 0 Å². The van der Waals surface area contributed by atoms with Crippen LogP contribution in [0, 0.1) is 5.92 Å². The Morgan fingerprint density at radius 3 is 2.45 bits per heavy atom. The van der Waals surface area contributed by atoms with Crippen molar-refractivity contribution < 1.29 is 22.7 Å². The van der Waals surface area contributed by atoms with Gasteiger partial charge in [-0.1, -0.05) is 0 Å². The van der Waals surface area contributed by atoms with Gasteiger partial charge in [0.1, 0.15) is 5.60 Å². The lowest BCUT2D eigenvalue weighted by Gasteiger charge is -2.29. The zero-order chi connectivity index (χ0) is 15.4. The molecule has 1 aliphatic heterocycles. The van der Waals surface area contributed by atoms with Gasteiger partial charge in [0.2, 0.25) is 10.0 Å². The van der Waals surface area contributed by atoms with E-state index in [1.165, 1.54) is 0 Å². The van der Waals surface area contributed by atoms with Gasteiger partial charge < -0.3 is 9.47 Å². The molecule has 0 unspecified atom stereocenters. The summed E-state index contributed by atoms with van der Waals surface area (Å²) in [5, 5.41) is 0. The quantitative estimate of drug-likeness (QED) is 0.768. The number of hydrogen-bond donors (Lipinski definition) is 1. The lowest BCUT2D eigenvalue weighted by atomic mass is 9.95. The van der Waals surface area contributed by atoms with Crippen molar-refractivity contribution in [3.8, 4) is 0 Å². The molecule has 1 fully saturated rings. The van der Waals surface area contributed by atoms with E-state index in [0.717, 1.165) is 19.1 Å². The number of carbonyl (C=O) groups excluding carboxylic acids is 1. The molecular weight excluding hydrogens is 282 g/mol. The van der Waals surface area contributed by atoms with Crippen molar-refractivity contribution >= 4 is 16.0 Å². The Kier molecular flexibility index (Phi) is 5.97. The number of rotatable bonds is 5. The minimum atomic E-state index is -3.18. The molecule has 1 N–H and O–H groups in total. The first-order valence-electron chi connectivity index (χ1n) is 6.83. The van der Waals surface area contributed by atoms with E-state index >= 15 is 0 Å². The minimum Gasteiger partial charge on any atom is -0.460 e.